The fourth-order valence-corrected chi connectivity index (χ4v) is 3.62. The maximum absolute atomic E-state index is 13.3. The number of hydrogen-bond donors (Lipinski definition) is 3. The number of nitrogens with one attached hydrogen (secondary N) is 2. The molecule has 0 saturated carbocycles. The molecule has 1 rings (SSSR count). The predicted molar refractivity (Wildman–Crippen MR) is 122 cm³/mol. The molecule has 196 valence electrons. The first kappa shape index (κ1) is 29.9. The van der Waals surface area contributed by atoms with Crippen LogP contribution in [0.15, 0.2) is 24.3 Å². The number of nitro groups is 1. The number of carbonyl (C=O) groups is 3. The van der Waals surface area contributed by atoms with Crippen LogP contribution in [-0.4, -0.2) is 41.3 Å². The minimum atomic E-state index is -4.67. The van der Waals surface area contributed by atoms with Gasteiger partial charge in [0.15, 0.2) is 0 Å². The van der Waals surface area contributed by atoms with Gasteiger partial charge in [-0.2, -0.15) is 13.2 Å². The third kappa shape index (κ3) is 9.53. The van der Waals surface area contributed by atoms with Crippen LogP contribution in [0, 0.1) is 27.4 Å². The second-order valence-electron chi connectivity index (χ2n) is 9.97. The second-order valence-corrected chi connectivity index (χ2v) is 9.97. The predicted octanol–water partition coefficient (Wildman–Crippen LogP) is 2.69. The number of alkyl halides is 3. The lowest BCUT2D eigenvalue weighted by atomic mass is 9.85. The topological polar surface area (TPSA) is 144 Å². The maximum Gasteiger partial charge on any atom is 0.416 e. The van der Waals surface area contributed by atoms with Gasteiger partial charge in [0, 0.05) is 11.3 Å². The molecule has 0 unspecified atom stereocenters. The van der Waals surface area contributed by atoms with Crippen molar-refractivity contribution in [2.75, 3.05) is 6.54 Å². The molecule has 0 spiro atoms. The molecule has 3 amide bonds. The highest BCUT2D eigenvalue weighted by Gasteiger charge is 2.38. The number of amides is 3. The van der Waals surface area contributed by atoms with E-state index in [-0.39, 0.29) is 17.9 Å². The molecule has 0 aliphatic rings. The van der Waals surface area contributed by atoms with E-state index in [1.54, 1.807) is 34.6 Å². The van der Waals surface area contributed by atoms with Crippen LogP contribution in [0.5, 0.6) is 0 Å². The van der Waals surface area contributed by atoms with Crippen molar-refractivity contribution in [3.8, 4) is 0 Å². The van der Waals surface area contributed by atoms with Gasteiger partial charge in [-0.3, -0.25) is 24.5 Å². The van der Waals surface area contributed by atoms with Crippen LogP contribution < -0.4 is 16.4 Å². The molecule has 12 heteroatoms. The third-order valence-electron chi connectivity index (χ3n) is 5.32. The van der Waals surface area contributed by atoms with Crippen molar-refractivity contribution >= 4 is 17.7 Å². The number of primary amides is 1. The van der Waals surface area contributed by atoms with Gasteiger partial charge in [0.1, 0.15) is 18.0 Å². The van der Waals surface area contributed by atoms with Gasteiger partial charge in [-0.15, -0.1) is 0 Å². The minimum Gasteiger partial charge on any atom is -0.368 e. The van der Waals surface area contributed by atoms with Gasteiger partial charge in [-0.25, -0.2) is 0 Å². The largest absolute Gasteiger partial charge is 0.416 e. The molecule has 0 bridgehead atoms. The highest BCUT2D eigenvalue weighted by molar-refractivity contribution is 5.92. The lowest BCUT2D eigenvalue weighted by Gasteiger charge is -2.32. The van der Waals surface area contributed by atoms with E-state index in [1.165, 1.54) is 18.2 Å². The second kappa shape index (κ2) is 12.0. The van der Waals surface area contributed by atoms with Crippen LogP contribution in [0.3, 0.4) is 0 Å². The molecule has 0 aliphatic heterocycles. The van der Waals surface area contributed by atoms with E-state index in [4.69, 9.17) is 5.73 Å². The molecule has 1 aromatic carbocycles. The van der Waals surface area contributed by atoms with Crippen molar-refractivity contribution in [1.82, 2.24) is 10.6 Å². The van der Waals surface area contributed by atoms with E-state index >= 15 is 0 Å². The van der Waals surface area contributed by atoms with Crippen molar-refractivity contribution in [2.45, 2.75) is 65.7 Å². The number of nitrogens with two attached hydrogens (primary N) is 1. The Labute approximate surface area is 202 Å². The number of benzene rings is 1. The number of halogens is 3. The summed E-state index contributed by atoms with van der Waals surface area (Å²) in [4.78, 5) is 48.3. The smallest absolute Gasteiger partial charge is 0.368 e. The molecular weight excluding hydrogens is 469 g/mol. The molecule has 4 N–H and O–H groups in total. The van der Waals surface area contributed by atoms with E-state index in [0.717, 1.165) is 6.07 Å². The van der Waals surface area contributed by atoms with E-state index in [2.05, 4.69) is 10.6 Å². The summed E-state index contributed by atoms with van der Waals surface area (Å²) >= 11 is 0. The summed E-state index contributed by atoms with van der Waals surface area (Å²) in [6.45, 7) is 7.84. The molecule has 0 heterocycles. The molecule has 0 radical (unpaired) electrons. The van der Waals surface area contributed by atoms with Gasteiger partial charge >= 0.3 is 6.18 Å². The fourth-order valence-electron chi connectivity index (χ4n) is 3.62. The quantitative estimate of drug-likeness (QED) is 0.315. The Morgan fingerprint density at radius 1 is 1.06 bits per heavy atom. The SMILES string of the molecule is CC(C)C[C@H](C[N+](=O)[O-])C(=O)N[C@H](C(=O)N[C@H](Cc1ccccc1C(F)(F)F)C(N)=O)C(C)(C)C. The molecule has 35 heavy (non-hydrogen) atoms. The average molecular weight is 503 g/mol. The molecule has 0 saturated heterocycles. The minimum absolute atomic E-state index is 0.0273. The molecular formula is C23H33F3N4O5. The molecule has 0 fully saturated rings. The van der Waals surface area contributed by atoms with Crippen molar-refractivity contribution in [2.24, 2.45) is 23.0 Å². The van der Waals surface area contributed by atoms with E-state index < -0.39 is 70.8 Å². The maximum atomic E-state index is 13.3. The molecule has 1 aromatic rings. The Kier molecular flexibility index (Phi) is 10.2. The Hall–Kier alpha value is -3.18. The summed E-state index contributed by atoms with van der Waals surface area (Å²) in [5.74, 6) is -3.62. The standard InChI is InChI=1S/C23H33F3N4O5/c1-13(2)10-15(12-30(34)35)20(32)29-18(22(3,4)5)21(33)28-17(19(27)31)11-14-8-6-7-9-16(14)23(24,25)26/h6-9,13,15,17-18H,10-12H2,1-5H3,(H2,27,31)(H,28,33)(H,29,32)/t15-,17-,18-/m1/s1. The first-order valence-corrected chi connectivity index (χ1v) is 11.1. The molecule has 9 nitrogen and oxygen atoms in total. The lowest BCUT2D eigenvalue weighted by molar-refractivity contribution is -0.486. The van der Waals surface area contributed by atoms with Crippen LogP contribution in [0.1, 0.15) is 52.2 Å². The van der Waals surface area contributed by atoms with Gasteiger partial charge in [0.2, 0.25) is 24.3 Å². The molecule has 0 aliphatic carbocycles. The van der Waals surface area contributed by atoms with Gasteiger partial charge in [-0.1, -0.05) is 52.8 Å². The van der Waals surface area contributed by atoms with Crippen molar-refractivity contribution in [3.63, 3.8) is 0 Å². The van der Waals surface area contributed by atoms with Crippen molar-refractivity contribution in [1.29, 1.82) is 0 Å². The average Bonchev–Trinajstić information content (AvgIpc) is 2.68. The Bertz CT molecular complexity index is 928. The van der Waals surface area contributed by atoms with Crippen LogP contribution in [-0.2, 0) is 27.0 Å². The first-order valence-electron chi connectivity index (χ1n) is 11.1. The Morgan fingerprint density at radius 2 is 1.63 bits per heavy atom. The summed E-state index contributed by atoms with van der Waals surface area (Å²) in [6.07, 6.45) is -4.98. The molecule has 3 atom stereocenters. The fraction of sp³-hybridized carbons (Fsp3) is 0.609. The number of nitrogens with zero attached hydrogens (tertiary/aromatic N) is 1. The first-order chi connectivity index (χ1) is 15.9. The number of rotatable bonds is 11. The zero-order valence-corrected chi connectivity index (χ0v) is 20.4. The van der Waals surface area contributed by atoms with Crippen LogP contribution in [0.4, 0.5) is 13.2 Å². The van der Waals surface area contributed by atoms with Crippen molar-refractivity contribution < 1.29 is 32.5 Å². The zero-order valence-electron chi connectivity index (χ0n) is 20.4. The Balaban J connectivity index is 3.16. The van der Waals surface area contributed by atoms with Crippen LogP contribution in [0.25, 0.3) is 0 Å². The summed E-state index contributed by atoms with van der Waals surface area (Å²) < 4.78 is 40.0. The normalized spacial score (nSPS) is 14.7. The summed E-state index contributed by atoms with van der Waals surface area (Å²) in [6, 6.07) is 1.88. The van der Waals surface area contributed by atoms with E-state index in [9.17, 15) is 37.7 Å². The van der Waals surface area contributed by atoms with Crippen LogP contribution in [0.2, 0.25) is 0 Å². The van der Waals surface area contributed by atoms with Gasteiger partial charge < -0.3 is 16.4 Å². The van der Waals surface area contributed by atoms with Gasteiger partial charge in [0.05, 0.1) is 5.56 Å². The Morgan fingerprint density at radius 3 is 2.09 bits per heavy atom. The van der Waals surface area contributed by atoms with E-state index in [1.807, 2.05) is 0 Å². The van der Waals surface area contributed by atoms with Gasteiger partial charge in [-0.05, 0) is 29.4 Å². The summed E-state index contributed by atoms with van der Waals surface area (Å²) in [5, 5.41) is 15.9. The van der Waals surface area contributed by atoms with Crippen molar-refractivity contribution in [3.05, 3.63) is 45.5 Å². The van der Waals surface area contributed by atoms with E-state index in [0.29, 0.717) is 0 Å². The summed E-state index contributed by atoms with van der Waals surface area (Å²) in [5.41, 5.74) is 3.27. The van der Waals surface area contributed by atoms with Crippen LogP contribution >= 0.6 is 0 Å². The number of hydrogen-bond acceptors (Lipinski definition) is 5. The summed E-state index contributed by atoms with van der Waals surface area (Å²) in [7, 11) is 0. The van der Waals surface area contributed by atoms with Gasteiger partial charge in [0.25, 0.3) is 0 Å². The molecule has 0 aromatic heterocycles. The lowest BCUT2D eigenvalue weighted by Crippen LogP contribution is -2.58. The zero-order chi connectivity index (χ0) is 27.1. The highest BCUT2D eigenvalue weighted by atomic mass is 19.4. The number of carbonyl (C=O) groups excluding carboxylic acids is 3. The highest BCUT2D eigenvalue weighted by Crippen LogP contribution is 2.32. The third-order valence-corrected chi connectivity index (χ3v) is 5.32. The monoisotopic (exact) mass is 502 g/mol.